The number of anilines is 1. The van der Waals surface area contributed by atoms with Gasteiger partial charge in [0.05, 0.1) is 17.8 Å². The molecule has 0 aliphatic carbocycles. The van der Waals surface area contributed by atoms with Gasteiger partial charge in [0.2, 0.25) is 0 Å². The van der Waals surface area contributed by atoms with Gasteiger partial charge in [0.25, 0.3) is 0 Å². The number of halogens is 1. The summed E-state index contributed by atoms with van der Waals surface area (Å²) in [7, 11) is 0. The molecule has 4 heterocycles. The monoisotopic (exact) mass is 408 g/mol. The van der Waals surface area contributed by atoms with E-state index in [9.17, 15) is 9.18 Å². The van der Waals surface area contributed by atoms with Gasteiger partial charge in [-0.1, -0.05) is 18.7 Å². The predicted octanol–water partition coefficient (Wildman–Crippen LogP) is 1.80. The van der Waals surface area contributed by atoms with Crippen molar-refractivity contribution in [2.45, 2.75) is 32.0 Å². The Labute approximate surface area is 173 Å². The smallest absolute Gasteiger partial charge is 0.350 e. The fraction of sp³-hybridized carbons (Fsp3) is 0.364. The van der Waals surface area contributed by atoms with Crippen LogP contribution in [0.3, 0.4) is 0 Å². The van der Waals surface area contributed by atoms with E-state index in [1.165, 1.54) is 10.7 Å². The van der Waals surface area contributed by atoms with E-state index < -0.39 is 0 Å². The molecule has 0 bridgehead atoms. The van der Waals surface area contributed by atoms with Gasteiger partial charge in [0, 0.05) is 38.1 Å². The first-order valence-electron chi connectivity index (χ1n) is 10.2. The maximum Gasteiger partial charge on any atom is 0.350 e. The molecule has 0 radical (unpaired) electrons. The molecule has 30 heavy (non-hydrogen) atoms. The lowest BCUT2D eigenvalue weighted by Crippen LogP contribution is -2.76. The molecule has 0 atom stereocenters. The van der Waals surface area contributed by atoms with Crippen molar-refractivity contribution in [3.63, 3.8) is 0 Å². The first-order chi connectivity index (χ1) is 14.5. The van der Waals surface area contributed by atoms with Crippen LogP contribution >= 0.6 is 0 Å². The SMILES string of the molecule is C=C(Cn1nc2c(N3CCC34CNC4)cccn2c1=O)NCc1ccc(C)c(F)c1. The predicted molar refractivity (Wildman–Crippen MR) is 114 cm³/mol. The number of allylic oxidation sites excluding steroid dienone is 1. The first kappa shape index (κ1) is 18.9. The minimum absolute atomic E-state index is 0.177. The highest BCUT2D eigenvalue weighted by Crippen LogP contribution is 2.39. The van der Waals surface area contributed by atoms with Crippen LogP contribution in [0.2, 0.25) is 0 Å². The molecule has 156 valence electrons. The molecule has 5 rings (SSSR count). The Bertz CT molecular complexity index is 1190. The van der Waals surface area contributed by atoms with Crippen molar-refractivity contribution in [3.05, 3.63) is 76.2 Å². The quantitative estimate of drug-likeness (QED) is 0.651. The molecule has 1 spiro atoms. The number of hydrogen-bond donors (Lipinski definition) is 2. The molecule has 2 fully saturated rings. The van der Waals surface area contributed by atoms with E-state index in [4.69, 9.17) is 0 Å². The Kier molecular flexibility index (Phi) is 4.39. The van der Waals surface area contributed by atoms with Crippen LogP contribution in [0.25, 0.3) is 5.65 Å². The standard InChI is InChI=1S/C22H25FN6O/c1-15-5-6-17(10-18(15)23)11-25-16(2)12-29-21(30)27-8-3-4-19(20(27)26-29)28-9-7-22(28)13-24-14-22/h3-6,8,10,24-25H,2,7,9,11-14H2,1H3. The van der Waals surface area contributed by atoms with Crippen LogP contribution in [0.1, 0.15) is 17.5 Å². The number of pyridine rings is 1. The molecule has 0 saturated carbocycles. The minimum Gasteiger partial charge on any atom is -0.383 e. The number of nitrogens with zero attached hydrogens (tertiary/aromatic N) is 4. The van der Waals surface area contributed by atoms with Crippen molar-refractivity contribution in [3.8, 4) is 0 Å². The third kappa shape index (κ3) is 2.99. The summed E-state index contributed by atoms with van der Waals surface area (Å²) in [6.45, 7) is 9.36. The van der Waals surface area contributed by atoms with Crippen molar-refractivity contribution in [2.24, 2.45) is 0 Å². The number of aromatic nitrogens is 3. The molecule has 3 aromatic rings. The minimum atomic E-state index is -0.227. The molecule has 0 amide bonds. The van der Waals surface area contributed by atoms with Gasteiger partial charge >= 0.3 is 5.69 Å². The lowest BCUT2D eigenvalue weighted by Gasteiger charge is -2.59. The Morgan fingerprint density at radius 3 is 2.87 bits per heavy atom. The largest absolute Gasteiger partial charge is 0.383 e. The summed E-state index contributed by atoms with van der Waals surface area (Å²) < 4.78 is 16.7. The summed E-state index contributed by atoms with van der Waals surface area (Å²) in [6.07, 6.45) is 2.91. The van der Waals surface area contributed by atoms with Crippen molar-refractivity contribution in [1.82, 2.24) is 24.8 Å². The summed E-state index contributed by atoms with van der Waals surface area (Å²) in [5.41, 5.74) is 3.73. The molecule has 2 aliphatic heterocycles. The molecule has 2 aliphatic rings. The number of hydrogen-bond acceptors (Lipinski definition) is 5. The van der Waals surface area contributed by atoms with E-state index in [1.54, 1.807) is 23.6 Å². The van der Waals surface area contributed by atoms with Crippen molar-refractivity contribution < 1.29 is 4.39 Å². The van der Waals surface area contributed by atoms with Gasteiger partial charge in [0.15, 0.2) is 5.65 Å². The van der Waals surface area contributed by atoms with Gasteiger partial charge in [-0.3, -0.25) is 0 Å². The maximum absolute atomic E-state index is 13.7. The third-order valence-corrected chi connectivity index (χ3v) is 6.28. The second-order valence-corrected chi connectivity index (χ2v) is 8.30. The molecule has 8 heteroatoms. The van der Waals surface area contributed by atoms with Crippen LogP contribution in [0.5, 0.6) is 0 Å². The van der Waals surface area contributed by atoms with Crippen LogP contribution in [0.4, 0.5) is 10.1 Å². The summed E-state index contributed by atoms with van der Waals surface area (Å²) in [5.74, 6) is -0.227. The van der Waals surface area contributed by atoms with Gasteiger partial charge in [-0.2, -0.15) is 0 Å². The lowest BCUT2D eigenvalue weighted by molar-refractivity contribution is 0.180. The topological polar surface area (TPSA) is 66.6 Å². The van der Waals surface area contributed by atoms with Gasteiger partial charge in [-0.25, -0.2) is 18.3 Å². The molecule has 7 nitrogen and oxygen atoms in total. The summed E-state index contributed by atoms with van der Waals surface area (Å²) >= 11 is 0. The van der Waals surface area contributed by atoms with E-state index in [0.717, 1.165) is 37.3 Å². The van der Waals surface area contributed by atoms with Crippen molar-refractivity contribution in [1.29, 1.82) is 0 Å². The number of fused-ring (bicyclic) bond motifs is 1. The molecule has 2 aromatic heterocycles. The van der Waals surface area contributed by atoms with Gasteiger partial charge in [-0.05, 0) is 42.7 Å². The van der Waals surface area contributed by atoms with Crippen LogP contribution < -0.4 is 21.2 Å². The number of nitrogens with one attached hydrogen (secondary N) is 2. The number of aryl methyl sites for hydroxylation is 1. The fourth-order valence-electron chi connectivity index (χ4n) is 4.24. The summed E-state index contributed by atoms with van der Waals surface area (Å²) in [6, 6.07) is 9.07. The zero-order valence-electron chi connectivity index (χ0n) is 17.0. The molecular formula is C22H25FN6O. The average molecular weight is 408 g/mol. The fourth-order valence-corrected chi connectivity index (χ4v) is 4.24. The highest BCUT2D eigenvalue weighted by Gasteiger charge is 2.50. The average Bonchev–Trinajstić information content (AvgIpc) is 2.98. The molecule has 0 unspecified atom stereocenters. The zero-order chi connectivity index (χ0) is 20.9. The zero-order valence-corrected chi connectivity index (χ0v) is 17.0. The van der Waals surface area contributed by atoms with E-state index in [0.29, 0.717) is 23.5 Å². The summed E-state index contributed by atoms with van der Waals surface area (Å²) in [4.78, 5) is 15.2. The van der Waals surface area contributed by atoms with E-state index in [2.05, 4.69) is 27.2 Å². The molecular weight excluding hydrogens is 383 g/mol. The van der Waals surface area contributed by atoms with Crippen molar-refractivity contribution in [2.75, 3.05) is 24.5 Å². The second-order valence-electron chi connectivity index (χ2n) is 8.30. The lowest BCUT2D eigenvalue weighted by atomic mass is 9.79. The highest BCUT2D eigenvalue weighted by molar-refractivity contribution is 5.71. The molecule has 2 saturated heterocycles. The Balaban J connectivity index is 1.34. The van der Waals surface area contributed by atoms with Crippen LogP contribution in [-0.2, 0) is 13.1 Å². The van der Waals surface area contributed by atoms with Crippen LogP contribution in [0.15, 0.2) is 53.6 Å². The van der Waals surface area contributed by atoms with Crippen LogP contribution in [-0.4, -0.2) is 39.4 Å². The Morgan fingerprint density at radius 2 is 2.20 bits per heavy atom. The third-order valence-electron chi connectivity index (χ3n) is 6.28. The van der Waals surface area contributed by atoms with E-state index in [-0.39, 0.29) is 23.6 Å². The maximum atomic E-state index is 13.7. The van der Waals surface area contributed by atoms with Crippen LogP contribution in [0, 0.1) is 12.7 Å². The molecule has 2 N–H and O–H groups in total. The first-order valence-corrected chi connectivity index (χ1v) is 10.2. The normalized spacial score (nSPS) is 17.1. The van der Waals surface area contributed by atoms with Crippen molar-refractivity contribution >= 4 is 11.3 Å². The van der Waals surface area contributed by atoms with E-state index in [1.807, 2.05) is 18.2 Å². The Morgan fingerprint density at radius 1 is 1.37 bits per heavy atom. The highest BCUT2D eigenvalue weighted by atomic mass is 19.1. The summed E-state index contributed by atoms with van der Waals surface area (Å²) in [5, 5.41) is 11.1. The van der Waals surface area contributed by atoms with Gasteiger partial charge in [-0.15, -0.1) is 5.10 Å². The molecule has 1 aromatic carbocycles. The van der Waals surface area contributed by atoms with Gasteiger partial charge in [0.1, 0.15) is 5.82 Å². The van der Waals surface area contributed by atoms with E-state index >= 15 is 0 Å². The number of rotatable bonds is 6. The van der Waals surface area contributed by atoms with Gasteiger partial charge < -0.3 is 15.5 Å². The Hall–Kier alpha value is -3.13. The number of benzene rings is 1. The second kappa shape index (κ2) is 6.98.